The van der Waals surface area contributed by atoms with Gasteiger partial charge in [-0.05, 0) is 38.0 Å². The van der Waals surface area contributed by atoms with Crippen LogP contribution < -0.4 is 5.73 Å². The minimum absolute atomic E-state index is 0.0434. The van der Waals surface area contributed by atoms with E-state index >= 15 is 0 Å². The monoisotopic (exact) mass is 265 g/mol. The second-order valence-electron chi connectivity index (χ2n) is 5.83. The average molecular weight is 265 g/mol. The van der Waals surface area contributed by atoms with Crippen molar-refractivity contribution in [3.8, 4) is 0 Å². The Morgan fingerprint density at radius 2 is 2.16 bits per heavy atom. The van der Waals surface area contributed by atoms with E-state index in [0.29, 0.717) is 18.4 Å². The van der Waals surface area contributed by atoms with Gasteiger partial charge < -0.3 is 15.0 Å². The number of hydrogen-bond donors (Lipinski definition) is 1. The first-order valence-electron chi connectivity index (χ1n) is 7.49. The van der Waals surface area contributed by atoms with Crippen LogP contribution in [0.1, 0.15) is 69.2 Å². The fourth-order valence-corrected chi connectivity index (χ4v) is 3.28. The fourth-order valence-electron chi connectivity index (χ4n) is 3.28. The number of rotatable bonds is 4. The van der Waals surface area contributed by atoms with Crippen LogP contribution in [-0.4, -0.2) is 22.8 Å². The van der Waals surface area contributed by atoms with E-state index in [-0.39, 0.29) is 12.2 Å². The van der Waals surface area contributed by atoms with Crippen molar-refractivity contribution >= 4 is 0 Å². The van der Waals surface area contributed by atoms with Crippen molar-refractivity contribution in [3.05, 3.63) is 11.7 Å². The molecule has 0 bridgehead atoms. The van der Waals surface area contributed by atoms with Crippen molar-refractivity contribution < 1.29 is 9.26 Å². The van der Waals surface area contributed by atoms with E-state index in [1.165, 1.54) is 25.7 Å². The van der Waals surface area contributed by atoms with Gasteiger partial charge in [0.25, 0.3) is 5.89 Å². The SMILES string of the molecule is CCC1CCC(c2noc(C3CCC(CN)O3)n2)C1. The lowest BCUT2D eigenvalue weighted by Crippen LogP contribution is -2.18. The van der Waals surface area contributed by atoms with Gasteiger partial charge in [0.15, 0.2) is 5.82 Å². The molecule has 5 nitrogen and oxygen atoms in total. The van der Waals surface area contributed by atoms with Gasteiger partial charge in [-0.15, -0.1) is 0 Å². The smallest absolute Gasteiger partial charge is 0.255 e. The Bertz CT molecular complexity index is 384. The molecule has 1 saturated carbocycles. The Hall–Kier alpha value is -0.940. The van der Waals surface area contributed by atoms with Crippen molar-refractivity contribution in [2.75, 3.05) is 6.54 Å². The van der Waals surface area contributed by atoms with Gasteiger partial charge in [-0.1, -0.05) is 18.5 Å². The number of aromatic nitrogens is 2. The van der Waals surface area contributed by atoms with Crippen LogP contribution in [0.4, 0.5) is 0 Å². The molecule has 0 radical (unpaired) electrons. The van der Waals surface area contributed by atoms with E-state index in [2.05, 4.69) is 17.1 Å². The van der Waals surface area contributed by atoms with Gasteiger partial charge in [-0.2, -0.15) is 4.98 Å². The topological polar surface area (TPSA) is 74.2 Å². The van der Waals surface area contributed by atoms with E-state index in [0.717, 1.165) is 24.6 Å². The van der Waals surface area contributed by atoms with Crippen molar-refractivity contribution in [1.29, 1.82) is 0 Å². The molecule has 1 aliphatic heterocycles. The lowest BCUT2D eigenvalue weighted by Gasteiger charge is -2.07. The molecule has 0 amide bonds. The van der Waals surface area contributed by atoms with E-state index < -0.39 is 0 Å². The summed E-state index contributed by atoms with van der Waals surface area (Å²) in [5.41, 5.74) is 5.62. The zero-order valence-corrected chi connectivity index (χ0v) is 11.5. The average Bonchev–Trinajstić information content (AvgIpc) is 3.16. The van der Waals surface area contributed by atoms with Crippen LogP contribution in [0.25, 0.3) is 0 Å². The molecular formula is C14H23N3O2. The van der Waals surface area contributed by atoms with Gasteiger partial charge in [0.2, 0.25) is 0 Å². The van der Waals surface area contributed by atoms with Crippen molar-refractivity contribution in [2.45, 2.75) is 63.6 Å². The summed E-state index contributed by atoms with van der Waals surface area (Å²) < 4.78 is 11.2. The Balaban J connectivity index is 1.64. The zero-order valence-electron chi connectivity index (χ0n) is 11.5. The lowest BCUT2D eigenvalue weighted by molar-refractivity contribution is 0.0307. The number of nitrogens with zero attached hydrogens (tertiary/aromatic N) is 2. The van der Waals surface area contributed by atoms with Crippen LogP contribution in [0.3, 0.4) is 0 Å². The largest absolute Gasteiger partial charge is 0.364 e. The molecule has 2 aliphatic rings. The maximum absolute atomic E-state index is 5.79. The third-order valence-corrected chi connectivity index (χ3v) is 4.59. The highest BCUT2D eigenvalue weighted by molar-refractivity contribution is 5.01. The summed E-state index contributed by atoms with van der Waals surface area (Å²) in [7, 11) is 0. The van der Waals surface area contributed by atoms with Gasteiger partial charge in [-0.25, -0.2) is 0 Å². The molecule has 2 heterocycles. The first kappa shape index (κ1) is 13.1. The number of hydrogen-bond acceptors (Lipinski definition) is 5. The summed E-state index contributed by atoms with van der Waals surface area (Å²) in [5.74, 6) is 2.84. The van der Waals surface area contributed by atoms with Gasteiger partial charge >= 0.3 is 0 Å². The molecule has 4 unspecified atom stereocenters. The second-order valence-corrected chi connectivity index (χ2v) is 5.83. The van der Waals surface area contributed by atoms with Crippen molar-refractivity contribution in [1.82, 2.24) is 10.1 Å². The Labute approximate surface area is 113 Å². The minimum atomic E-state index is -0.0434. The van der Waals surface area contributed by atoms with Gasteiger partial charge in [-0.3, -0.25) is 0 Å². The van der Waals surface area contributed by atoms with Crippen molar-refractivity contribution in [2.24, 2.45) is 11.7 Å². The van der Waals surface area contributed by atoms with Crippen LogP contribution in [0.15, 0.2) is 4.52 Å². The van der Waals surface area contributed by atoms with E-state index in [1.807, 2.05) is 0 Å². The standard InChI is InChI=1S/C14H23N3O2/c1-2-9-3-4-10(7-9)13-16-14(19-17-13)12-6-5-11(8-15)18-12/h9-12H,2-8,15H2,1H3. The molecule has 5 heteroatoms. The van der Waals surface area contributed by atoms with Crippen LogP contribution in [0.2, 0.25) is 0 Å². The highest BCUT2D eigenvalue weighted by Gasteiger charge is 2.32. The summed E-state index contributed by atoms with van der Waals surface area (Å²) in [6.45, 7) is 2.83. The molecule has 106 valence electrons. The highest BCUT2D eigenvalue weighted by Crippen LogP contribution is 2.39. The first-order chi connectivity index (χ1) is 9.30. The van der Waals surface area contributed by atoms with E-state index in [9.17, 15) is 0 Å². The summed E-state index contributed by atoms with van der Waals surface area (Å²) in [6.07, 6.45) is 6.97. The molecule has 3 rings (SSSR count). The van der Waals surface area contributed by atoms with Gasteiger partial charge in [0.05, 0.1) is 6.10 Å². The summed E-state index contributed by atoms with van der Waals surface area (Å²) in [5, 5.41) is 4.17. The number of ether oxygens (including phenoxy) is 1. The quantitative estimate of drug-likeness (QED) is 0.905. The molecule has 2 N–H and O–H groups in total. The Kier molecular flexibility index (Phi) is 3.84. The molecule has 0 aromatic carbocycles. The highest BCUT2D eigenvalue weighted by atomic mass is 16.5. The third kappa shape index (κ3) is 2.67. The molecule has 1 saturated heterocycles. The normalized spacial score (nSPS) is 35.1. The van der Waals surface area contributed by atoms with Gasteiger partial charge in [0.1, 0.15) is 6.10 Å². The predicted molar refractivity (Wildman–Crippen MR) is 70.6 cm³/mol. The molecule has 4 atom stereocenters. The summed E-state index contributed by atoms with van der Waals surface area (Å²) in [4.78, 5) is 4.57. The van der Waals surface area contributed by atoms with Crippen LogP contribution >= 0.6 is 0 Å². The number of nitrogens with two attached hydrogens (primary N) is 1. The lowest BCUT2D eigenvalue weighted by atomic mass is 10.0. The molecule has 1 aromatic rings. The predicted octanol–water partition coefficient (Wildman–Crippen LogP) is 2.54. The Morgan fingerprint density at radius 1 is 1.26 bits per heavy atom. The van der Waals surface area contributed by atoms with Crippen LogP contribution in [0.5, 0.6) is 0 Å². The van der Waals surface area contributed by atoms with Crippen molar-refractivity contribution in [3.63, 3.8) is 0 Å². The summed E-state index contributed by atoms with van der Waals surface area (Å²) >= 11 is 0. The summed E-state index contributed by atoms with van der Waals surface area (Å²) in [6, 6.07) is 0. The second kappa shape index (κ2) is 5.59. The molecule has 2 fully saturated rings. The molecule has 1 aromatic heterocycles. The Morgan fingerprint density at radius 3 is 2.84 bits per heavy atom. The minimum Gasteiger partial charge on any atom is -0.364 e. The maximum atomic E-state index is 5.79. The third-order valence-electron chi connectivity index (χ3n) is 4.59. The molecule has 0 spiro atoms. The zero-order chi connectivity index (χ0) is 13.2. The van der Waals surface area contributed by atoms with Gasteiger partial charge in [0, 0.05) is 12.5 Å². The first-order valence-corrected chi connectivity index (χ1v) is 7.49. The fraction of sp³-hybridized carbons (Fsp3) is 0.857. The maximum Gasteiger partial charge on any atom is 0.255 e. The van der Waals surface area contributed by atoms with E-state index in [4.69, 9.17) is 15.0 Å². The molecular weight excluding hydrogens is 242 g/mol. The van der Waals surface area contributed by atoms with E-state index in [1.54, 1.807) is 0 Å². The molecule has 1 aliphatic carbocycles. The van der Waals surface area contributed by atoms with Crippen LogP contribution in [0, 0.1) is 5.92 Å². The van der Waals surface area contributed by atoms with Crippen LogP contribution in [-0.2, 0) is 4.74 Å². The molecule has 19 heavy (non-hydrogen) atoms.